The van der Waals surface area contributed by atoms with Crippen molar-refractivity contribution in [3.63, 3.8) is 0 Å². The molecule has 6 heterocycles. The zero-order chi connectivity index (χ0) is 41.4. The van der Waals surface area contributed by atoms with E-state index in [1.54, 1.807) is 4.90 Å². The van der Waals surface area contributed by atoms with Crippen molar-refractivity contribution in [3.05, 3.63) is 118 Å². The molecule has 1 aliphatic carbocycles. The topological polar surface area (TPSA) is 126 Å². The van der Waals surface area contributed by atoms with E-state index in [-0.39, 0.29) is 48.1 Å². The fourth-order valence-corrected chi connectivity index (χ4v) is 11.6. The Labute approximate surface area is 356 Å². The number of nitrogens with one attached hydrogen (secondary N) is 1. The molecule has 0 bridgehead atoms. The molecule has 0 aromatic heterocycles. The Morgan fingerprint density at radius 3 is 2.43 bits per heavy atom. The lowest BCUT2D eigenvalue weighted by Gasteiger charge is -2.54. The first-order valence-corrected chi connectivity index (χ1v) is 22.1. The SMILES string of the molecule is O=C1CCC(N2Cc3c(ccc4c3OC[C@H]3CN(CC(=O)N5CC6(CCN(c7ccc([C@@H]8c9ccc(O)cc9CC[C@@H]8c8ccccc8)cc7)CC6)C5)CCN43)C2=O)C(=O)N1. The summed E-state index contributed by atoms with van der Waals surface area (Å²) in [6.07, 6.45) is 4.70. The Morgan fingerprint density at radius 1 is 0.836 bits per heavy atom. The Morgan fingerprint density at radius 2 is 1.64 bits per heavy atom. The van der Waals surface area contributed by atoms with Crippen molar-refractivity contribution in [2.75, 3.05) is 68.8 Å². The molecule has 7 aliphatic rings. The number of anilines is 2. The molecule has 1 spiro atoms. The van der Waals surface area contributed by atoms with Crippen LogP contribution in [0.5, 0.6) is 11.5 Å². The van der Waals surface area contributed by atoms with Crippen LogP contribution in [0.4, 0.5) is 11.4 Å². The molecule has 4 amide bonds. The lowest BCUT2D eigenvalue weighted by molar-refractivity contribution is -0.146. The molecular formula is C49H52N6O6. The molecule has 12 nitrogen and oxygen atoms in total. The maximum Gasteiger partial charge on any atom is 0.255 e. The number of carbonyl (C=O) groups excluding carboxylic acids is 4. The summed E-state index contributed by atoms with van der Waals surface area (Å²) in [6.45, 7) is 7.01. The van der Waals surface area contributed by atoms with Gasteiger partial charge >= 0.3 is 0 Å². The van der Waals surface area contributed by atoms with Crippen LogP contribution in [-0.4, -0.2) is 114 Å². The van der Waals surface area contributed by atoms with Gasteiger partial charge in [0.25, 0.3) is 5.91 Å². The van der Waals surface area contributed by atoms with Gasteiger partial charge in [0, 0.05) is 80.4 Å². The Bertz CT molecular complexity index is 2410. The summed E-state index contributed by atoms with van der Waals surface area (Å²) in [5, 5.41) is 12.6. The highest BCUT2D eigenvalue weighted by Gasteiger charge is 2.48. The number of amides is 4. The van der Waals surface area contributed by atoms with Gasteiger partial charge in [0.1, 0.15) is 24.1 Å². The minimum absolute atomic E-state index is 0.0924. The van der Waals surface area contributed by atoms with Gasteiger partial charge in [0.15, 0.2) is 0 Å². The highest BCUT2D eigenvalue weighted by Crippen LogP contribution is 2.48. The number of likely N-dealkylation sites (tertiary alicyclic amines) is 1. The smallest absolute Gasteiger partial charge is 0.255 e. The number of aryl methyl sites for hydroxylation is 1. The van der Waals surface area contributed by atoms with Gasteiger partial charge in [0.05, 0.1) is 24.8 Å². The van der Waals surface area contributed by atoms with Crippen LogP contribution < -0.4 is 19.9 Å². The molecular weight excluding hydrogens is 769 g/mol. The first-order valence-electron chi connectivity index (χ1n) is 22.1. The van der Waals surface area contributed by atoms with Crippen LogP contribution in [0.3, 0.4) is 0 Å². The van der Waals surface area contributed by atoms with Gasteiger partial charge in [-0.15, -0.1) is 0 Å². The van der Waals surface area contributed by atoms with E-state index in [1.807, 2.05) is 24.3 Å². The predicted molar refractivity (Wildman–Crippen MR) is 230 cm³/mol. The van der Waals surface area contributed by atoms with Crippen LogP contribution in [0.15, 0.2) is 84.9 Å². The highest BCUT2D eigenvalue weighted by atomic mass is 16.5. The van der Waals surface area contributed by atoms with Gasteiger partial charge in [-0.2, -0.15) is 0 Å². The highest BCUT2D eigenvalue weighted by molar-refractivity contribution is 6.06. The number of ether oxygens (including phenoxy) is 1. The average Bonchev–Trinajstić information content (AvgIpc) is 3.61. The van der Waals surface area contributed by atoms with E-state index in [0.29, 0.717) is 42.6 Å². The molecule has 12 heteroatoms. The maximum absolute atomic E-state index is 13.6. The van der Waals surface area contributed by atoms with Crippen LogP contribution in [-0.2, 0) is 27.3 Å². The van der Waals surface area contributed by atoms with Crippen LogP contribution in [0.2, 0.25) is 0 Å². The molecule has 0 saturated carbocycles. The molecule has 4 aromatic rings. The molecule has 0 radical (unpaired) electrons. The van der Waals surface area contributed by atoms with Gasteiger partial charge in [-0.3, -0.25) is 29.4 Å². The number of aromatic hydroxyl groups is 1. The Kier molecular flexibility index (Phi) is 9.32. The molecule has 2 N–H and O–H groups in total. The summed E-state index contributed by atoms with van der Waals surface area (Å²) in [5.41, 5.74) is 9.01. The first-order chi connectivity index (χ1) is 29.7. The number of imide groups is 1. The van der Waals surface area contributed by atoms with Crippen LogP contribution in [0, 0.1) is 5.41 Å². The third-order valence-corrected chi connectivity index (χ3v) is 15.0. The molecule has 61 heavy (non-hydrogen) atoms. The Hall–Kier alpha value is -5.88. The lowest BCUT2D eigenvalue weighted by atomic mass is 9.69. The maximum atomic E-state index is 13.6. The van der Waals surface area contributed by atoms with Crippen LogP contribution in [0.25, 0.3) is 0 Å². The van der Waals surface area contributed by atoms with Crippen LogP contribution >= 0.6 is 0 Å². The summed E-state index contributed by atoms with van der Waals surface area (Å²) in [6, 6.07) is 29.2. The number of hydrogen-bond acceptors (Lipinski definition) is 9. The van der Waals surface area contributed by atoms with E-state index in [9.17, 15) is 24.3 Å². The van der Waals surface area contributed by atoms with Crippen molar-refractivity contribution in [2.45, 2.75) is 69.0 Å². The molecule has 314 valence electrons. The molecule has 4 aromatic carbocycles. The number of rotatable bonds is 6. The molecule has 4 fully saturated rings. The van der Waals surface area contributed by atoms with Crippen molar-refractivity contribution >= 4 is 35.0 Å². The third-order valence-electron chi connectivity index (χ3n) is 15.0. The minimum atomic E-state index is -0.665. The number of piperazine rings is 1. The Balaban J connectivity index is 0.680. The second-order valence-corrected chi connectivity index (χ2v) is 18.5. The number of fused-ring (bicyclic) bond motifs is 6. The number of benzene rings is 4. The normalized spacial score (nSPS) is 25.5. The molecule has 11 rings (SSSR count). The van der Waals surface area contributed by atoms with E-state index in [1.165, 1.54) is 27.9 Å². The number of carbonyl (C=O) groups is 4. The van der Waals surface area contributed by atoms with E-state index < -0.39 is 11.9 Å². The zero-order valence-corrected chi connectivity index (χ0v) is 34.4. The van der Waals surface area contributed by atoms with Crippen molar-refractivity contribution < 1.29 is 29.0 Å². The monoisotopic (exact) mass is 820 g/mol. The van der Waals surface area contributed by atoms with Gasteiger partial charge in [-0.05, 0) is 96.7 Å². The molecule has 6 aliphatic heterocycles. The number of piperidine rings is 2. The number of phenolic OH excluding ortho intramolecular Hbond substituents is 1. The second-order valence-electron chi connectivity index (χ2n) is 18.5. The van der Waals surface area contributed by atoms with Gasteiger partial charge in [-0.1, -0.05) is 48.5 Å². The molecule has 4 saturated heterocycles. The average molecular weight is 821 g/mol. The van der Waals surface area contributed by atoms with Gasteiger partial charge in [-0.25, -0.2) is 0 Å². The van der Waals surface area contributed by atoms with E-state index in [4.69, 9.17) is 4.74 Å². The van der Waals surface area contributed by atoms with Crippen molar-refractivity contribution in [2.24, 2.45) is 5.41 Å². The summed E-state index contributed by atoms with van der Waals surface area (Å²) >= 11 is 0. The standard InChI is InChI=1S/C49H52N6O6/c56-36-11-13-38-33(24-36)8-12-37(31-4-2-1-3-5-31)45(38)32-6-9-34(10-7-32)52-20-18-49(19-21-52)29-53(30-49)44(58)27-51-22-23-54-35(25-51)28-61-46-40-26-55(42-16-17-43(57)50-47(42)59)48(60)39(40)14-15-41(46)54/h1-7,9-11,13-15,24,35,37,42,45,56H,8,12,16-23,25-30H2,(H,50,57,59)/t35-,37-,42?,45+/m1/s1. The van der Waals surface area contributed by atoms with Crippen molar-refractivity contribution in [1.82, 2.24) is 20.0 Å². The summed E-state index contributed by atoms with van der Waals surface area (Å²) in [4.78, 5) is 62.1. The number of nitrogens with zero attached hydrogens (tertiary/aromatic N) is 5. The minimum Gasteiger partial charge on any atom is -0.508 e. The number of phenols is 1. The van der Waals surface area contributed by atoms with E-state index >= 15 is 0 Å². The summed E-state index contributed by atoms with van der Waals surface area (Å²) in [7, 11) is 0. The fraction of sp³-hybridized carbons (Fsp3) is 0.429. The van der Waals surface area contributed by atoms with Crippen molar-refractivity contribution in [3.8, 4) is 11.5 Å². The largest absolute Gasteiger partial charge is 0.508 e. The molecule has 4 atom stereocenters. The van der Waals surface area contributed by atoms with Gasteiger partial charge in [0.2, 0.25) is 17.7 Å². The van der Waals surface area contributed by atoms with E-state index in [0.717, 1.165) is 82.7 Å². The fourth-order valence-electron chi connectivity index (χ4n) is 11.6. The van der Waals surface area contributed by atoms with Crippen LogP contribution in [0.1, 0.15) is 82.1 Å². The lowest BCUT2D eigenvalue weighted by Crippen LogP contribution is -2.64. The number of hydrogen-bond donors (Lipinski definition) is 2. The first kappa shape index (κ1) is 38.1. The molecule has 1 unspecified atom stereocenters. The predicted octanol–water partition coefficient (Wildman–Crippen LogP) is 5.03. The van der Waals surface area contributed by atoms with E-state index in [2.05, 4.69) is 85.6 Å². The third kappa shape index (κ3) is 6.70. The second kappa shape index (κ2) is 14.9. The van der Waals surface area contributed by atoms with Gasteiger partial charge < -0.3 is 29.4 Å². The zero-order valence-electron chi connectivity index (χ0n) is 34.4. The summed E-state index contributed by atoms with van der Waals surface area (Å²) in [5.74, 6) is 0.938. The van der Waals surface area contributed by atoms with Crippen molar-refractivity contribution in [1.29, 1.82) is 0 Å². The summed E-state index contributed by atoms with van der Waals surface area (Å²) < 4.78 is 6.37. The quantitative estimate of drug-likeness (QED) is 0.258.